The van der Waals surface area contributed by atoms with Gasteiger partial charge in [0, 0.05) is 6.54 Å². The topological polar surface area (TPSA) is 79.3 Å². The quantitative estimate of drug-likeness (QED) is 0.438. The van der Waals surface area contributed by atoms with Crippen LogP contribution in [-0.2, 0) is 4.79 Å². The Hall–Kier alpha value is -2.84. The molecule has 34 heavy (non-hydrogen) atoms. The lowest BCUT2D eigenvalue weighted by Crippen LogP contribution is -2.33. The van der Waals surface area contributed by atoms with E-state index in [1.54, 1.807) is 41.7 Å². The van der Waals surface area contributed by atoms with Crippen LogP contribution in [0.25, 0.3) is 0 Å². The van der Waals surface area contributed by atoms with Gasteiger partial charge in [0.25, 0.3) is 5.91 Å². The Morgan fingerprint density at radius 3 is 2.62 bits per heavy atom. The van der Waals surface area contributed by atoms with E-state index in [2.05, 4.69) is 13.8 Å². The number of Topliss-reactive ketones (excluding diaryl/α,β-unsaturated/α-hetero) is 1. The number of aliphatic hydroxyl groups is 1. The largest absolute Gasteiger partial charge is 0.503 e. The molecule has 2 heterocycles. The van der Waals surface area contributed by atoms with E-state index < -0.39 is 17.7 Å². The molecule has 0 bridgehead atoms. The molecule has 0 fully saturated rings. The number of amides is 1. The van der Waals surface area contributed by atoms with Gasteiger partial charge in [-0.25, -0.2) is 0 Å². The zero-order valence-corrected chi connectivity index (χ0v) is 21.4. The number of carbonyl (C=O) groups is 2. The van der Waals surface area contributed by atoms with Crippen molar-refractivity contribution in [3.63, 3.8) is 0 Å². The molecule has 8 heteroatoms. The van der Waals surface area contributed by atoms with E-state index in [0.29, 0.717) is 47.4 Å². The Morgan fingerprint density at radius 1 is 1.24 bits per heavy atom. The van der Waals surface area contributed by atoms with E-state index in [9.17, 15) is 14.7 Å². The molecule has 0 spiro atoms. The van der Waals surface area contributed by atoms with E-state index in [1.807, 2.05) is 25.1 Å². The number of thiophene rings is 1. The Kier molecular flexibility index (Phi) is 8.74. The molecule has 1 N–H and O–H groups in total. The molecule has 0 unspecified atom stereocenters. The molecule has 0 saturated heterocycles. The van der Waals surface area contributed by atoms with Gasteiger partial charge in [0.15, 0.2) is 17.3 Å². The maximum absolute atomic E-state index is 13.4. The number of rotatable bonds is 12. The Labute approximate surface area is 205 Å². The van der Waals surface area contributed by atoms with Crippen LogP contribution in [0.4, 0.5) is 0 Å². The van der Waals surface area contributed by atoms with Crippen LogP contribution >= 0.6 is 11.3 Å². The molecule has 1 atom stereocenters. The van der Waals surface area contributed by atoms with Crippen molar-refractivity contribution >= 4 is 23.0 Å². The molecule has 1 aliphatic heterocycles. The first-order valence-corrected chi connectivity index (χ1v) is 12.4. The highest BCUT2D eigenvalue weighted by Gasteiger charge is 2.44. The van der Waals surface area contributed by atoms with Crippen molar-refractivity contribution in [2.75, 3.05) is 40.9 Å². The lowest BCUT2D eigenvalue weighted by atomic mass is 9.95. The summed E-state index contributed by atoms with van der Waals surface area (Å²) in [4.78, 5) is 30.5. The summed E-state index contributed by atoms with van der Waals surface area (Å²) < 4.78 is 11.5. The van der Waals surface area contributed by atoms with Gasteiger partial charge >= 0.3 is 0 Å². The molecule has 0 saturated carbocycles. The van der Waals surface area contributed by atoms with Crippen molar-refractivity contribution in [3.05, 3.63) is 57.5 Å². The number of nitrogens with zero attached hydrogens (tertiary/aromatic N) is 2. The highest BCUT2D eigenvalue weighted by atomic mass is 32.1. The number of carbonyl (C=O) groups excluding carboxylic acids is 2. The van der Waals surface area contributed by atoms with Crippen molar-refractivity contribution in [3.8, 4) is 11.5 Å². The number of ketones is 1. The SMILES string of the molecule is COc1cc([C@H]2C(C(=O)c3cccs3)=C(O)C(=O)N2CCCN(C)C)ccc1OCCC(C)C. The lowest BCUT2D eigenvalue weighted by Gasteiger charge is -2.28. The summed E-state index contributed by atoms with van der Waals surface area (Å²) >= 11 is 1.29. The fourth-order valence-electron chi connectivity index (χ4n) is 3.94. The van der Waals surface area contributed by atoms with Crippen LogP contribution in [-0.4, -0.2) is 67.5 Å². The normalized spacial score (nSPS) is 16.1. The first-order chi connectivity index (χ1) is 16.2. The van der Waals surface area contributed by atoms with Crippen LogP contribution in [0, 0.1) is 5.92 Å². The average molecular weight is 487 g/mol. The Balaban J connectivity index is 1.98. The third kappa shape index (κ3) is 5.80. The molecular weight excluding hydrogens is 452 g/mol. The van der Waals surface area contributed by atoms with Crippen LogP contribution in [0.15, 0.2) is 47.0 Å². The van der Waals surface area contributed by atoms with Gasteiger partial charge in [-0.2, -0.15) is 0 Å². The molecule has 1 aromatic carbocycles. The maximum Gasteiger partial charge on any atom is 0.290 e. The molecule has 2 aromatic rings. The van der Waals surface area contributed by atoms with Gasteiger partial charge in [0.2, 0.25) is 5.78 Å². The molecule has 1 aliphatic rings. The van der Waals surface area contributed by atoms with E-state index in [-0.39, 0.29) is 11.4 Å². The molecule has 1 aromatic heterocycles. The second kappa shape index (κ2) is 11.5. The van der Waals surface area contributed by atoms with Gasteiger partial charge in [0.05, 0.1) is 30.2 Å². The van der Waals surface area contributed by atoms with Crippen LogP contribution in [0.1, 0.15) is 48.0 Å². The minimum absolute atomic E-state index is 0.104. The third-order valence-corrected chi connectivity index (χ3v) is 6.62. The number of methoxy groups -OCH3 is 1. The van der Waals surface area contributed by atoms with Gasteiger partial charge in [-0.3, -0.25) is 9.59 Å². The second-order valence-corrected chi connectivity index (χ2v) is 10.0. The maximum atomic E-state index is 13.4. The number of hydrogen-bond donors (Lipinski definition) is 1. The highest BCUT2D eigenvalue weighted by molar-refractivity contribution is 7.12. The van der Waals surface area contributed by atoms with Crippen LogP contribution in [0.5, 0.6) is 11.5 Å². The van der Waals surface area contributed by atoms with Crippen LogP contribution in [0.2, 0.25) is 0 Å². The van der Waals surface area contributed by atoms with Crippen molar-refractivity contribution in [1.82, 2.24) is 9.80 Å². The monoisotopic (exact) mass is 486 g/mol. The fourth-order valence-corrected chi connectivity index (χ4v) is 4.62. The number of aliphatic hydroxyl groups excluding tert-OH is 1. The van der Waals surface area contributed by atoms with Crippen LogP contribution in [0.3, 0.4) is 0 Å². The smallest absolute Gasteiger partial charge is 0.290 e. The summed E-state index contributed by atoms with van der Waals surface area (Å²) in [7, 11) is 5.50. The second-order valence-electron chi connectivity index (χ2n) is 9.07. The average Bonchev–Trinajstić information content (AvgIpc) is 3.41. The van der Waals surface area contributed by atoms with E-state index in [1.165, 1.54) is 11.3 Å². The summed E-state index contributed by atoms with van der Waals surface area (Å²) in [6.45, 7) is 6.02. The standard InChI is InChI=1S/C26H34N2O5S/c1-17(2)11-14-33-19-10-9-18(16-20(19)32-5)23-22(24(29)21-8-6-15-34-21)25(30)26(31)28(23)13-7-12-27(3)4/h6,8-10,15-17,23,30H,7,11-14H2,1-5H3/t23-/m0/s1. The molecule has 184 valence electrons. The molecule has 7 nitrogen and oxygen atoms in total. The Morgan fingerprint density at radius 2 is 2.00 bits per heavy atom. The van der Waals surface area contributed by atoms with Gasteiger partial charge < -0.3 is 24.4 Å². The van der Waals surface area contributed by atoms with E-state index >= 15 is 0 Å². The van der Waals surface area contributed by atoms with Gasteiger partial charge in [0.1, 0.15) is 0 Å². The van der Waals surface area contributed by atoms with Crippen molar-refractivity contribution in [2.24, 2.45) is 5.92 Å². The Bertz CT molecular complexity index is 1030. The molecule has 3 rings (SSSR count). The molecule has 1 amide bonds. The first-order valence-electron chi connectivity index (χ1n) is 11.5. The number of ether oxygens (including phenoxy) is 2. The summed E-state index contributed by atoms with van der Waals surface area (Å²) in [6, 6.07) is 8.22. The predicted molar refractivity (Wildman–Crippen MR) is 134 cm³/mol. The summed E-state index contributed by atoms with van der Waals surface area (Å²) in [5.41, 5.74) is 0.794. The summed E-state index contributed by atoms with van der Waals surface area (Å²) in [6.07, 6.45) is 1.62. The van der Waals surface area contributed by atoms with Crippen LogP contribution < -0.4 is 9.47 Å². The molecular formula is C26H34N2O5S. The zero-order valence-electron chi connectivity index (χ0n) is 20.5. The van der Waals surface area contributed by atoms with E-state index in [4.69, 9.17) is 9.47 Å². The summed E-state index contributed by atoms with van der Waals surface area (Å²) in [5, 5.41) is 12.6. The third-order valence-electron chi connectivity index (χ3n) is 5.75. The number of hydrogen-bond acceptors (Lipinski definition) is 7. The van der Waals surface area contributed by atoms with Gasteiger partial charge in [-0.05, 0) is 68.5 Å². The van der Waals surface area contributed by atoms with Crippen molar-refractivity contribution in [2.45, 2.75) is 32.7 Å². The molecule has 0 radical (unpaired) electrons. The van der Waals surface area contributed by atoms with Crippen molar-refractivity contribution in [1.29, 1.82) is 0 Å². The lowest BCUT2D eigenvalue weighted by molar-refractivity contribution is -0.129. The zero-order chi connectivity index (χ0) is 24.8. The number of benzene rings is 1. The predicted octanol–water partition coefficient (Wildman–Crippen LogP) is 4.71. The minimum Gasteiger partial charge on any atom is -0.503 e. The van der Waals surface area contributed by atoms with Gasteiger partial charge in [-0.15, -0.1) is 11.3 Å². The summed E-state index contributed by atoms with van der Waals surface area (Å²) in [5.74, 6) is 0.303. The van der Waals surface area contributed by atoms with Gasteiger partial charge in [-0.1, -0.05) is 26.0 Å². The van der Waals surface area contributed by atoms with E-state index in [0.717, 1.165) is 13.0 Å². The minimum atomic E-state index is -0.706. The van der Waals surface area contributed by atoms with Crippen molar-refractivity contribution < 1.29 is 24.2 Å². The fraction of sp³-hybridized carbons (Fsp3) is 0.462. The first kappa shape index (κ1) is 25.8. The molecule has 0 aliphatic carbocycles. The highest BCUT2D eigenvalue weighted by Crippen LogP contribution is 2.42.